The van der Waals surface area contributed by atoms with E-state index in [0.29, 0.717) is 11.5 Å². The lowest BCUT2D eigenvalue weighted by Gasteiger charge is -2.04. The molecule has 0 bridgehead atoms. The van der Waals surface area contributed by atoms with E-state index in [1.165, 1.54) is 11.8 Å². The first-order chi connectivity index (χ1) is 5.45. The summed E-state index contributed by atoms with van der Waals surface area (Å²) in [7, 11) is -3.79. The molecule has 0 spiro atoms. The molecule has 0 aromatic rings. The Kier molecular flexibility index (Phi) is 6.93. The number of thiol groups is 2. The van der Waals surface area contributed by atoms with Crippen LogP contribution in [0.15, 0.2) is 0 Å². The molecular weight excluding hydrogens is 236 g/mol. The van der Waals surface area contributed by atoms with E-state index in [0.717, 1.165) is 5.75 Å². The topological polar surface area (TPSA) is 54.4 Å². The lowest BCUT2D eigenvalue weighted by atomic mass is 10.6. The summed E-state index contributed by atoms with van der Waals surface area (Å²) < 4.78 is 28.9. The lowest BCUT2D eigenvalue weighted by molar-refractivity contribution is 0.485. The fraction of sp³-hybridized carbons (Fsp3) is 1.00. The van der Waals surface area contributed by atoms with Crippen LogP contribution in [-0.4, -0.2) is 41.2 Å². The highest BCUT2D eigenvalue weighted by Crippen LogP contribution is 2.09. The second kappa shape index (κ2) is 6.42. The zero-order valence-electron chi connectivity index (χ0n) is 6.38. The van der Waals surface area contributed by atoms with Crippen LogP contribution in [0.4, 0.5) is 0 Å². The van der Waals surface area contributed by atoms with Crippen LogP contribution < -0.4 is 0 Å². The molecule has 1 unspecified atom stereocenters. The monoisotopic (exact) mass is 248 g/mol. The average molecular weight is 248 g/mol. The number of hydrogen-bond acceptors (Lipinski definition) is 5. The largest absolute Gasteiger partial charge is 0.286 e. The zero-order valence-corrected chi connectivity index (χ0v) is 9.80. The van der Waals surface area contributed by atoms with E-state index in [4.69, 9.17) is 4.55 Å². The van der Waals surface area contributed by atoms with Gasteiger partial charge in [-0.1, -0.05) is 0 Å². The van der Waals surface area contributed by atoms with Crippen LogP contribution in [0.3, 0.4) is 0 Å². The third-order valence-electron chi connectivity index (χ3n) is 1.01. The summed E-state index contributed by atoms with van der Waals surface area (Å²) >= 11 is 9.63. The van der Waals surface area contributed by atoms with Crippen molar-refractivity contribution in [3.05, 3.63) is 0 Å². The van der Waals surface area contributed by atoms with Gasteiger partial charge in [-0.05, 0) is 0 Å². The molecule has 1 N–H and O–H groups in total. The van der Waals surface area contributed by atoms with E-state index in [1.807, 2.05) is 0 Å². The van der Waals surface area contributed by atoms with Gasteiger partial charge in [-0.15, -0.1) is 0 Å². The van der Waals surface area contributed by atoms with Crippen molar-refractivity contribution in [2.75, 3.05) is 23.0 Å². The van der Waals surface area contributed by atoms with Gasteiger partial charge < -0.3 is 0 Å². The summed E-state index contributed by atoms with van der Waals surface area (Å²) in [6.45, 7) is 0. The van der Waals surface area contributed by atoms with E-state index in [-0.39, 0.29) is 11.0 Å². The summed E-state index contributed by atoms with van der Waals surface area (Å²) in [4.78, 5) is 0. The van der Waals surface area contributed by atoms with Gasteiger partial charge in [0.15, 0.2) is 0 Å². The molecule has 0 aromatic heterocycles. The standard InChI is InChI=1S/C5H12O3S4/c6-12(7,8)2-1-11-4-5(10)3-9/h5,9-10H,1-4H2,(H,6,7,8). The van der Waals surface area contributed by atoms with Crippen LogP contribution in [0, 0.1) is 0 Å². The summed E-state index contributed by atoms with van der Waals surface area (Å²) in [5.41, 5.74) is 0. The summed E-state index contributed by atoms with van der Waals surface area (Å²) in [6.07, 6.45) is 0. The minimum absolute atomic E-state index is 0.180. The predicted molar refractivity (Wildman–Crippen MR) is 60.4 cm³/mol. The maximum absolute atomic E-state index is 10.3. The first-order valence-electron chi connectivity index (χ1n) is 3.27. The molecule has 0 aliphatic heterocycles. The Morgan fingerprint density at radius 2 is 2.08 bits per heavy atom. The molecule has 0 amide bonds. The quantitative estimate of drug-likeness (QED) is 0.370. The van der Waals surface area contributed by atoms with Gasteiger partial charge >= 0.3 is 0 Å². The van der Waals surface area contributed by atoms with Crippen molar-refractivity contribution in [2.24, 2.45) is 0 Å². The third-order valence-corrected chi connectivity index (χ3v) is 4.46. The molecule has 12 heavy (non-hydrogen) atoms. The number of thioether (sulfide) groups is 1. The first-order valence-corrected chi connectivity index (χ1v) is 7.19. The van der Waals surface area contributed by atoms with Gasteiger partial charge in [0.25, 0.3) is 10.1 Å². The van der Waals surface area contributed by atoms with E-state index < -0.39 is 10.1 Å². The SMILES string of the molecule is O=S(=O)(O)CCSCC(S)CS. The Morgan fingerprint density at radius 1 is 1.50 bits per heavy atom. The van der Waals surface area contributed by atoms with Gasteiger partial charge in [-0.2, -0.15) is 45.4 Å². The normalized spacial score (nSPS) is 14.6. The van der Waals surface area contributed by atoms with Crippen LogP contribution >= 0.6 is 37.0 Å². The van der Waals surface area contributed by atoms with Gasteiger partial charge in [0, 0.05) is 22.5 Å². The summed E-state index contributed by atoms with van der Waals surface area (Å²) in [5, 5.41) is 0.180. The Morgan fingerprint density at radius 3 is 2.50 bits per heavy atom. The molecule has 0 rings (SSSR count). The highest BCUT2D eigenvalue weighted by Gasteiger charge is 2.05. The Balaban J connectivity index is 3.34. The maximum Gasteiger partial charge on any atom is 0.265 e. The van der Waals surface area contributed by atoms with E-state index in [2.05, 4.69) is 25.3 Å². The van der Waals surface area contributed by atoms with Crippen molar-refractivity contribution in [2.45, 2.75) is 5.25 Å². The maximum atomic E-state index is 10.3. The molecule has 0 aliphatic carbocycles. The second-order valence-electron chi connectivity index (χ2n) is 2.20. The van der Waals surface area contributed by atoms with Crippen molar-refractivity contribution in [1.82, 2.24) is 0 Å². The second-order valence-corrected chi connectivity index (χ2v) is 6.01. The average Bonchev–Trinajstić information content (AvgIpc) is 1.96. The zero-order chi connectivity index (χ0) is 9.61. The first kappa shape index (κ1) is 13.0. The van der Waals surface area contributed by atoms with E-state index >= 15 is 0 Å². The Labute approximate surface area is 88.3 Å². The van der Waals surface area contributed by atoms with Crippen molar-refractivity contribution in [3.8, 4) is 0 Å². The molecule has 0 aliphatic rings. The fourth-order valence-electron chi connectivity index (χ4n) is 0.436. The van der Waals surface area contributed by atoms with Crippen LogP contribution in [0.25, 0.3) is 0 Å². The molecule has 0 heterocycles. The molecule has 0 aromatic carbocycles. The third kappa shape index (κ3) is 9.05. The van der Waals surface area contributed by atoms with Crippen LogP contribution in [0.1, 0.15) is 0 Å². The minimum atomic E-state index is -3.79. The van der Waals surface area contributed by atoms with Gasteiger partial charge in [0.1, 0.15) is 0 Å². The molecule has 1 atom stereocenters. The van der Waals surface area contributed by atoms with E-state index in [9.17, 15) is 8.42 Å². The van der Waals surface area contributed by atoms with E-state index in [1.54, 1.807) is 0 Å². The molecule has 0 radical (unpaired) electrons. The van der Waals surface area contributed by atoms with Gasteiger partial charge in [-0.3, -0.25) is 4.55 Å². The van der Waals surface area contributed by atoms with Crippen molar-refractivity contribution in [1.29, 1.82) is 0 Å². The molecular formula is C5H12O3S4. The lowest BCUT2D eigenvalue weighted by Crippen LogP contribution is -2.09. The molecule has 7 heteroatoms. The highest BCUT2D eigenvalue weighted by atomic mass is 32.2. The van der Waals surface area contributed by atoms with Crippen LogP contribution in [-0.2, 0) is 10.1 Å². The highest BCUT2D eigenvalue weighted by molar-refractivity contribution is 8.01. The number of rotatable bonds is 6. The molecule has 0 fully saturated rings. The molecule has 74 valence electrons. The van der Waals surface area contributed by atoms with Gasteiger partial charge in [-0.25, -0.2) is 0 Å². The fourth-order valence-corrected chi connectivity index (χ4v) is 2.93. The summed E-state index contributed by atoms with van der Waals surface area (Å²) in [5.74, 6) is 1.64. The molecule has 0 saturated heterocycles. The van der Waals surface area contributed by atoms with Crippen LogP contribution in [0.2, 0.25) is 0 Å². The minimum Gasteiger partial charge on any atom is -0.286 e. The predicted octanol–water partition coefficient (Wildman–Crippen LogP) is 0.836. The number of hydrogen-bond donors (Lipinski definition) is 3. The smallest absolute Gasteiger partial charge is 0.265 e. The Bertz CT molecular complexity index is 201. The molecule has 3 nitrogen and oxygen atoms in total. The van der Waals surface area contributed by atoms with Gasteiger partial charge in [0.05, 0.1) is 5.75 Å². The van der Waals surface area contributed by atoms with Crippen molar-refractivity contribution < 1.29 is 13.0 Å². The van der Waals surface area contributed by atoms with Crippen molar-refractivity contribution >= 4 is 47.1 Å². The van der Waals surface area contributed by atoms with Crippen molar-refractivity contribution in [3.63, 3.8) is 0 Å². The summed E-state index contributed by atoms with van der Waals surface area (Å²) in [6, 6.07) is 0. The Hall–Kier alpha value is 0.960. The van der Waals surface area contributed by atoms with Gasteiger partial charge in [0.2, 0.25) is 0 Å². The molecule has 0 saturated carbocycles. The van der Waals surface area contributed by atoms with Crippen LogP contribution in [0.5, 0.6) is 0 Å².